The monoisotopic (exact) mass is 1660 g/mol. The van der Waals surface area contributed by atoms with E-state index < -0.39 is 0 Å². The predicted molar refractivity (Wildman–Crippen MR) is 452 cm³/mol. The molecule has 4 saturated heterocycles. The lowest BCUT2D eigenvalue weighted by Gasteiger charge is -2.44. The molecule has 10 nitrogen and oxygen atoms in total. The fraction of sp³-hybridized carbons (Fsp3) is 0.333. The van der Waals surface area contributed by atoms with Crippen molar-refractivity contribution in [2.45, 2.75) is 77.8 Å². The van der Waals surface area contributed by atoms with Crippen LogP contribution in [0.5, 0.6) is 0 Å². The van der Waals surface area contributed by atoms with Crippen LogP contribution in [0, 0.1) is 11.8 Å². The van der Waals surface area contributed by atoms with Gasteiger partial charge in [-0.15, -0.1) is 0 Å². The Bertz CT molecular complexity index is 4220. The molecule has 14 rings (SSSR count). The van der Waals surface area contributed by atoms with Gasteiger partial charge in [0.05, 0.1) is 92.3 Å². The molecule has 10 aromatic rings. The second-order valence-electron chi connectivity index (χ2n) is 27.9. The summed E-state index contributed by atoms with van der Waals surface area (Å²) < 4.78 is 10.7. The molecule has 560 valence electrons. The molecule has 0 bridgehead atoms. The second-order valence-corrected chi connectivity index (χ2v) is 33.0. The van der Waals surface area contributed by atoms with Gasteiger partial charge in [-0.05, 0) is 187 Å². The van der Waals surface area contributed by atoms with Gasteiger partial charge in [0.2, 0.25) is 0 Å². The maximum Gasteiger partial charge on any atom is 0.117 e. The van der Waals surface area contributed by atoms with Crippen LogP contribution in [0.3, 0.4) is 0 Å². The summed E-state index contributed by atoms with van der Waals surface area (Å²) >= 11 is 74.9. The number of anilines is 4. The van der Waals surface area contributed by atoms with E-state index in [1.165, 1.54) is 40.7 Å². The van der Waals surface area contributed by atoms with E-state index in [9.17, 15) is 0 Å². The van der Waals surface area contributed by atoms with E-state index in [0.717, 1.165) is 153 Å². The summed E-state index contributed by atoms with van der Waals surface area (Å²) in [7, 11) is 0. The first kappa shape index (κ1) is 81.8. The standard InChI is InChI=1S/2C21H19Cl3N2O.2C21H25Cl3N2/c22-17-3-1-16(2-4-17)21-13-25(12-15-7-10-27-14-15)8-9-26(21)20-6-5-18(23)11-19(20)24;22-16-5-3-15(4-6-16)21-14-25(13-18-2-1-11-27-18)9-10-26(21)20-8-7-17(23)12-19(20)24;1-15(2)9-10-25-11-12-26(20-8-7-18(23)13-19(20)24)21(14-25)16-3-5-17(22)6-4-16;1-3-15(2)13-25-10-11-26(20-9-8-18(23)12-19(20)24)21(14-25)16-4-6-17(22)7-5-16/h1-7,10-11,14,21H,8-9,12-13H2;1-8,11-12,21H,9-10,13-14H2;3-8,13,15,21H,9-12,14H2,1-2H3;4-9,12,15,21H,3,10-11,13-14H2,1-2H3. The number of rotatable bonds is 18. The van der Waals surface area contributed by atoms with Crippen molar-refractivity contribution in [1.29, 1.82) is 0 Å². The third-order valence-corrected chi connectivity index (χ3v) is 23.1. The average molecular weight is 1670 g/mol. The zero-order valence-electron chi connectivity index (χ0n) is 59.8. The molecule has 5 unspecified atom stereocenters. The number of furan rings is 2. The smallest absolute Gasteiger partial charge is 0.117 e. The lowest BCUT2D eigenvalue weighted by atomic mass is 10.00. The molecule has 4 aliphatic heterocycles. The maximum atomic E-state index is 6.52. The summed E-state index contributed by atoms with van der Waals surface area (Å²) in [4.78, 5) is 19.5. The molecule has 8 aromatic carbocycles. The molecule has 0 saturated carbocycles. The van der Waals surface area contributed by atoms with Gasteiger partial charge >= 0.3 is 0 Å². The van der Waals surface area contributed by atoms with Gasteiger partial charge in [-0.1, -0.05) is 222 Å². The number of nitrogens with zero attached hydrogens (tertiary/aromatic N) is 8. The van der Waals surface area contributed by atoms with Crippen LogP contribution < -0.4 is 19.6 Å². The van der Waals surface area contributed by atoms with Crippen molar-refractivity contribution >= 4 is 162 Å². The molecule has 4 fully saturated rings. The van der Waals surface area contributed by atoms with Crippen molar-refractivity contribution in [1.82, 2.24) is 19.6 Å². The Kier molecular flexibility index (Phi) is 30.6. The SMILES string of the molecule is CC(C)CCN1CCN(c2ccc(Cl)cc2Cl)C(c2ccc(Cl)cc2)C1.CCC(C)CN1CCN(c2ccc(Cl)cc2Cl)C(c2ccc(Cl)cc2)C1.Clc1ccc(C2CN(Cc3ccco3)CCN2c2ccc(Cl)cc2Cl)cc1.Clc1ccc(C2CN(Cc3ccoc3)CCN2c2ccc(Cl)cc2Cl)cc1. The van der Waals surface area contributed by atoms with Crippen molar-refractivity contribution in [3.8, 4) is 0 Å². The summed E-state index contributed by atoms with van der Waals surface area (Å²) in [6.07, 6.45) is 7.66. The van der Waals surface area contributed by atoms with Gasteiger partial charge in [0.1, 0.15) is 5.76 Å². The molecular weight excluding hydrogens is 1580 g/mol. The van der Waals surface area contributed by atoms with Crippen LogP contribution in [-0.4, -0.2) is 111 Å². The molecule has 0 amide bonds. The molecule has 0 aliphatic carbocycles. The summed E-state index contributed by atoms with van der Waals surface area (Å²) in [6, 6.07) is 62.1. The lowest BCUT2D eigenvalue weighted by Crippen LogP contribution is -2.49. The molecule has 106 heavy (non-hydrogen) atoms. The van der Waals surface area contributed by atoms with Crippen LogP contribution in [-0.2, 0) is 13.1 Å². The summed E-state index contributed by atoms with van der Waals surface area (Å²) in [5.41, 5.74) is 10.2. The van der Waals surface area contributed by atoms with Gasteiger partial charge in [0.25, 0.3) is 0 Å². The van der Waals surface area contributed by atoms with Crippen molar-refractivity contribution in [2.75, 3.05) is 111 Å². The quantitative estimate of drug-likeness (QED) is 0.0830. The first-order chi connectivity index (χ1) is 51.1. The molecule has 5 atom stereocenters. The number of hydrogen-bond acceptors (Lipinski definition) is 10. The van der Waals surface area contributed by atoms with E-state index in [2.05, 4.69) is 115 Å². The molecule has 0 radical (unpaired) electrons. The average Bonchev–Trinajstić information content (AvgIpc) is 0.858. The van der Waals surface area contributed by atoms with Gasteiger partial charge in [-0.2, -0.15) is 0 Å². The van der Waals surface area contributed by atoms with E-state index in [4.69, 9.17) is 148 Å². The van der Waals surface area contributed by atoms with Crippen LogP contribution in [0.2, 0.25) is 60.3 Å². The predicted octanol–water partition coefficient (Wildman–Crippen LogP) is 25.7. The van der Waals surface area contributed by atoms with Gasteiger partial charge in [-0.3, -0.25) is 19.6 Å². The molecule has 2 aromatic heterocycles. The number of halogens is 12. The Morgan fingerprint density at radius 1 is 0.358 bits per heavy atom. The Hall–Kier alpha value is -5.16. The maximum absolute atomic E-state index is 6.52. The first-order valence-electron chi connectivity index (χ1n) is 35.9. The molecule has 6 heterocycles. The van der Waals surface area contributed by atoms with Crippen LogP contribution in [0.4, 0.5) is 22.7 Å². The van der Waals surface area contributed by atoms with Crippen molar-refractivity contribution in [3.63, 3.8) is 0 Å². The van der Waals surface area contributed by atoms with E-state index in [0.29, 0.717) is 52.0 Å². The number of piperazine rings is 4. The van der Waals surface area contributed by atoms with Gasteiger partial charge in [-0.25, -0.2) is 0 Å². The first-order valence-corrected chi connectivity index (χ1v) is 40.5. The number of benzene rings is 8. The number of hydrogen-bond donors (Lipinski definition) is 0. The Morgan fingerprint density at radius 3 is 1.01 bits per heavy atom. The Labute approximate surface area is 685 Å². The molecule has 0 N–H and O–H groups in total. The topological polar surface area (TPSA) is 52.2 Å². The van der Waals surface area contributed by atoms with Gasteiger partial charge in [0, 0.05) is 137 Å². The van der Waals surface area contributed by atoms with Gasteiger partial charge in [0.15, 0.2) is 0 Å². The molecule has 4 aliphatic rings. The largest absolute Gasteiger partial charge is 0.472 e. The third-order valence-electron chi connectivity index (χ3n) is 20.0. The van der Waals surface area contributed by atoms with E-state index in [-0.39, 0.29) is 24.2 Å². The van der Waals surface area contributed by atoms with Crippen LogP contribution in [0.15, 0.2) is 216 Å². The van der Waals surface area contributed by atoms with Crippen LogP contribution in [0.25, 0.3) is 0 Å². The second kappa shape index (κ2) is 39.7. The highest BCUT2D eigenvalue weighted by Gasteiger charge is 2.35. The summed E-state index contributed by atoms with van der Waals surface area (Å²) in [6.45, 7) is 24.3. The van der Waals surface area contributed by atoms with E-state index in [1.807, 2.05) is 127 Å². The lowest BCUT2D eigenvalue weighted by molar-refractivity contribution is 0.195. The zero-order valence-corrected chi connectivity index (χ0v) is 68.8. The Morgan fingerprint density at radius 2 is 0.689 bits per heavy atom. The highest BCUT2D eigenvalue weighted by Crippen LogP contribution is 2.42. The Balaban J connectivity index is 0.000000141. The zero-order chi connectivity index (χ0) is 75.0. The minimum Gasteiger partial charge on any atom is -0.472 e. The fourth-order valence-electron chi connectivity index (χ4n) is 14.2. The molecule has 0 spiro atoms. The highest BCUT2D eigenvalue weighted by molar-refractivity contribution is 6.38. The van der Waals surface area contributed by atoms with Crippen molar-refractivity contribution in [2.24, 2.45) is 11.8 Å². The van der Waals surface area contributed by atoms with Crippen molar-refractivity contribution in [3.05, 3.63) is 301 Å². The fourth-order valence-corrected chi connectivity index (χ4v) is 16.8. The van der Waals surface area contributed by atoms with E-state index >= 15 is 0 Å². The third kappa shape index (κ3) is 22.8. The normalized spacial score (nSPS) is 18.5. The van der Waals surface area contributed by atoms with Crippen molar-refractivity contribution < 1.29 is 8.83 Å². The molecular formula is C84H88Cl12N8O2. The summed E-state index contributed by atoms with van der Waals surface area (Å²) in [5, 5.41) is 8.35. The minimum absolute atomic E-state index is 0.157. The highest BCUT2D eigenvalue weighted by atomic mass is 35.5. The molecule has 22 heteroatoms. The van der Waals surface area contributed by atoms with Crippen LogP contribution >= 0.6 is 139 Å². The summed E-state index contributed by atoms with van der Waals surface area (Å²) in [5.74, 6) is 2.39. The van der Waals surface area contributed by atoms with E-state index in [1.54, 1.807) is 30.9 Å². The minimum atomic E-state index is 0.157. The van der Waals surface area contributed by atoms with Gasteiger partial charge < -0.3 is 28.4 Å². The van der Waals surface area contributed by atoms with Crippen LogP contribution in [0.1, 0.15) is 98.3 Å².